The van der Waals surface area contributed by atoms with Crippen molar-refractivity contribution in [2.45, 2.75) is 0 Å². The van der Waals surface area contributed by atoms with E-state index in [1.165, 1.54) is 64.0 Å². The quantitative estimate of drug-likeness (QED) is 0.174. The molecule has 0 N–H and O–H groups in total. The lowest BCUT2D eigenvalue weighted by atomic mass is 9.99. The summed E-state index contributed by atoms with van der Waals surface area (Å²) in [5.41, 5.74) is 9.84. The molecule has 0 aliphatic rings. The monoisotopic (exact) mass is 572 g/mol. The van der Waals surface area contributed by atoms with E-state index in [0.717, 1.165) is 0 Å². The molecule has 7 aromatic rings. The Balaban J connectivity index is 1.31. The molecule has 0 saturated carbocycles. The molecule has 7 rings (SSSR count). The number of hydrogen-bond acceptors (Lipinski definition) is 0. The van der Waals surface area contributed by atoms with E-state index >= 15 is 0 Å². The van der Waals surface area contributed by atoms with Crippen LogP contribution in [0, 0.1) is 0 Å². The highest BCUT2D eigenvalue weighted by Gasteiger charge is 2.21. The van der Waals surface area contributed by atoms with Crippen LogP contribution in [-0.2, 0) is 0 Å². The zero-order valence-electron chi connectivity index (χ0n) is 23.0. The molecule has 2 heterocycles. The van der Waals surface area contributed by atoms with Crippen LogP contribution in [0.5, 0.6) is 0 Å². The summed E-state index contributed by atoms with van der Waals surface area (Å²) < 4.78 is 0. The van der Waals surface area contributed by atoms with E-state index in [2.05, 4.69) is 170 Å². The molecule has 0 atom stereocenters. The van der Waals surface area contributed by atoms with Crippen LogP contribution in [0.15, 0.2) is 170 Å². The van der Waals surface area contributed by atoms with Crippen LogP contribution in [0.2, 0.25) is 0 Å². The molecule has 198 valence electrons. The van der Waals surface area contributed by atoms with Crippen molar-refractivity contribution in [2.75, 3.05) is 0 Å². The maximum Gasteiger partial charge on any atom is 0.239 e. The zero-order valence-corrected chi connectivity index (χ0v) is 24.6. The molecule has 5 aromatic carbocycles. The average molecular weight is 573 g/mol. The molecule has 2 heteroatoms. The Morgan fingerprint density at radius 2 is 0.452 bits per heavy atom. The van der Waals surface area contributed by atoms with E-state index in [1.54, 1.807) is 0 Å². The van der Waals surface area contributed by atoms with Gasteiger partial charge in [0, 0.05) is 46.5 Å². The lowest BCUT2D eigenvalue weighted by Crippen LogP contribution is -1.85. The van der Waals surface area contributed by atoms with E-state index in [1.807, 2.05) is 22.7 Å². The SMILES string of the molecule is c1ccc(-c2cc(-c3ccc(-c4cc(-c5ccccc5)[s+]c(-c5ccccc5)c4)cc3)cc(-c3ccccc3)[s+]2)cc1. The van der Waals surface area contributed by atoms with Crippen LogP contribution in [0.3, 0.4) is 0 Å². The summed E-state index contributed by atoms with van der Waals surface area (Å²) >= 11 is 3.68. The summed E-state index contributed by atoms with van der Waals surface area (Å²) in [5.74, 6) is 0. The Kier molecular flexibility index (Phi) is 7.47. The summed E-state index contributed by atoms with van der Waals surface area (Å²) in [6.45, 7) is 0. The van der Waals surface area contributed by atoms with E-state index in [9.17, 15) is 0 Å². The summed E-state index contributed by atoms with van der Waals surface area (Å²) in [7, 11) is 0. The predicted molar refractivity (Wildman–Crippen MR) is 184 cm³/mol. The molecule has 0 spiro atoms. The van der Waals surface area contributed by atoms with Crippen molar-refractivity contribution < 1.29 is 0 Å². The highest BCUT2D eigenvalue weighted by molar-refractivity contribution is 7.18. The molecule has 0 fully saturated rings. The minimum absolute atomic E-state index is 1.21. The van der Waals surface area contributed by atoms with Crippen molar-refractivity contribution in [1.29, 1.82) is 0 Å². The first kappa shape index (κ1) is 26.2. The third-order valence-electron chi connectivity index (χ3n) is 7.37. The third kappa shape index (κ3) is 5.69. The van der Waals surface area contributed by atoms with Crippen molar-refractivity contribution >= 4 is 22.7 Å². The second kappa shape index (κ2) is 12.0. The van der Waals surface area contributed by atoms with Gasteiger partial charge in [-0.05, 0) is 70.8 Å². The van der Waals surface area contributed by atoms with E-state index in [-0.39, 0.29) is 0 Å². The first-order valence-electron chi connectivity index (χ1n) is 14.1. The van der Waals surface area contributed by atoms with Crippen LogP contribution in [0.4, 0.5) is 0 Å². The molecule has 0 aliphatic heterocycles. The highest BCUT2D eigenvalue weighted by Crippen LogP contribution is 2.40. The van der Waals surface area contributed by atoms with Crippen molar-refractivity contribution in [2.24, 2.45) is 0 Å². The smallest absolute Gasteiger partial charge is 0.0622 e. The number of benzene rings is 5. The van der Waals surface area contributed by atoms with Gasteiger partial charge in [0.05, 0.1) is 0 Å². The van der Waals surface area contributed by atoms with Crippen LogP contribution >= 0.6 is 22.7 Å². The van der Waals surface area contributed by atoms with Gasteiger partial charge in [-0.25, -0.2) is 0 Å². The van der Waals surface area contributed by atoms with Crippen molar-refractivity contribution in [1.82, 2.24) is 0 Å². The zero-order chi connectivity index (χ0) is 28.1. The van der Waals surface area contributed by atoms with Gasteiger partial charge in [0.1, 0.15) is 0 Å². The van der Waals surface area contributed by atoms with Gasteiger partial charge in [-0.3, -0.25) is 0 Å². The van der Waals surface area contributed by atoms with Gasteiger partial charge in [0.2, 0.25) is 42.2 Å². The normalized spacial score (nSPS) is 10.9. The number of hydrogen-bond donors (Lipinski definition) is 0. The highest BCUT2D eigenvalue weighted by atomic mass is 32.1. The van der Waals surface area contributed by atoms with E-state index in [4.69, 9.17) is 0 Å². The summed E-state index contributed by atoms with van der Waals surface area (Å²) in [5, 5.41) is 0. The Hall–Kier alpha value is -4.76. The summed E-state index contributed by atoms with van der Waals surface area (Å²) in [6, 6.07) is 61.1. The van der Waals surface area contributed by atoms with Crippen LogP contribution < -0.4 is 0 Å². The van der Waals surface area contributed by atoms with Crippen LogP contribution in [0.1, 0.15) is 0 Å². The minimum Gasteiger partial charge on any atom is -0.0622 e. The predicted octanol–water partition coefficient (Wildman–Crippen LogP) is 12.4. The van der Waals surface area contributed by atoms with Gasteiger partial charge >= 0.3 is 0 Å². The largest absolute Gasteiger partial charge is 0.239 e. The Bertz CT molecular complexity index is 1670. The minimum atomic E-state index is 1.21. The van der Waals surface area contributed by atoms with Gasteiger partial charge in [-0.15, -0.1) is 0 Å². The van der Waals surface area contributed by atoms with Crippen LogP contribution in [0.25, 0.3) is 64.0 Å². The fourth-order valence-corrected chi connectivity index (χ4v) is 7.40. The van der Waals surface area contributed by atoms with Crippen LogP contribution in [-0.4, -0.2) is 0 Å². The molecule has 42 heavy (non-hydrogen) atoms. The van der Waals surface area contributed by atoms with Gasteiger partial charge in [-0.2, -0.15) is 0 Å². The molecule has 0 bridgehead atoms. The van der Waals surface area contributed by atoms with Gasteiger partial charge < -0.3 is 0 Å². The maximum absolute atomic E-state index is 2.33. The molecule has 2 aromatic heterocycles. The maximum atomic E-state index is 2.33. The molecule has 0 aliphatic carbocycles. The lowest BCUT2D eigenvalue weighted by molar-refractivity contribution is 1.60. The summed E-state index contributed by atoms with van der Waals surface area (Å²) in [4.78, 5) is 5.06. The number of rotatable bonds is 6. The third-order valence-corrected chi connectivity index (χ3v) is 9.66. The van der Waals surface area contributed by atoms with Gasteiger partial charge in [0.15, 0.2) is 0 Å². The molecule has 0 radical (unpaired) electrons. The van der Waals surface area contributed by atoms with Crippen molar-refractivity contribution in [3.8, 4) is 64.0 Å². The van der Waals surface area contributed by atoms with Crippen molar-refractivity contribution in [3.63, 3.8) is 0 Å². The first-order chi connectivity index (χ1) is 20.8. The molecule has 0 amide bonds. The standard InChI is InChI=1S/C40H28S2/c1-5-13-31(14-6-1)37-25-35(26-38(41-37)32-15-7-2-8-16-32)29-21-23-30(24-22-29)36-27-39(33-17-9-3-10-18-33)42-40(28-36)34-19-11-4-12-20-34/h1-28H/q+2. The van der Waals surface area contributed by atoms with Gasteiger partial charge in [0.25, 0.3) is 0 Å². The molecule has 0 nitrogen and oxygen atoms in total. The lowest BCUT2D eigenvalue weighted by Gasteiger charge is -2.07. The van der Waals surface area contributed by atoms with Crippen molar-refractivity contribution in [3.05, 3.63) is 170 Å². The fourth-order valence-electron chi connectivity index (χ4n) is 5.17. The summed E-state index contributed by atoms with van der Waals surface area (Å²) in [6.07, 6.45) is 0. The Morgan fingerprint density at radius 1 is 0.214 bits per heavy atom. The molecular weight excluding hydrogens is 545 g/mol. The van der Waals surface area contributed by atoms with Gasteiger partial charge in [-0.1, -0.05) is 97.1 Å². The van der Waals surface area contributed by atoms with E-state index in [0.29, 0.717) is 0 Å². The second-order valence-corrected chi connectivity index (χ2v) is 12.4. The second-order valence-electron chi connectivity index (χ2n) is 10.2. The fraction of sp³-hybridized carbons (Fsp3) is 0. The molecule has 0 saturated heterocycles. The van der Waals surface area contributed by atoms with E-state index < -0.39 is 0 Å². The Morgan fingerprint density at radius 3 is 0.690 bits per heavy atom. The first-order valence-corrected chi connectivity index (χ1v) is 15.7. The Labute approximate surface area is 255 Å². The average Bonchev–Trinajstić information content (AvgIpc) is 3.09. The topological polar surface area (TPSA) is 0 Å². The molecular formula is C40H28S2+2. The molecule has 0 unspecified atom stereocenters.